The second-order valence-electron chi connectivity index (χ2n) is 6.03. The Balaban J connectivity index is 2.58. The summed E-state index contributed by atoms with van der Waals surface area (Å²) in [4.78, 5) is 22.9. The van der Waals surface area contributed by atoms with Crippen molar-refractivity contribution in [2.24, 2.45) is 5.92 Å². The van der Waals surface area contributed by atoms with Gasteiger partial charge in [0.15, 0.2) is 0 Å². The van der Waals surface area contributed by atoms with Gasteiger partial charge in [-0.25, -0.2) is 9.59 Å². The fourth-order valence-electron chi connectivity index (χ4n) is 2.25. The molecule has 0 radical (unpaired) electrons. The lowest BCUT2D eigenvalue weighted by Crippen LogP contribution is -2.48. The van der Waals surface area contributed by atoms with Gasteiger partial charge in [-0.15, -0.1) is 0 Å². The van der Waals surface area contributed by atoms with Gasteiger partial charge in [0, 0.05) is 0 Å². The summed E-state index contributed by atoms with van der Waals surface area (Å²) in [7, 11) is 0. The zero-order valence-corrected chi connectivity index (χ0v) is 11.7. The van der Waals surface area contributed by atoms with E-state index in [2.05, 4.69) is 5.32 Å². The topological polar surface area (TPSA) is 95.9 Å². The first-order valence-electron chi connectivity index (χ1n) is 6.59. The van der Waals surface area contributed by atoms with Crippen molar-refractivity contribution >= 4 is 12.1 Å². The van der Waals surface area contributed by atoms with Gasteiger partial charge in [0.25, 0.3) is 0 Å². The number of aliphatic carboxylic acids is 1. The normalized spacial score (nSPS) is 25.5. The number of aliphatic hydroxyl groups is 1. The average molecular weight is 273 g/mol. The van der Waals surface area contributed by atoms with Gasteiger partial charge >= 0.3 is 12.1 Å². The third-order valence-electron chi connectivity index (χ3n) is 3.15. The molecule has 0 unspecified atom stereocenters. The van der Waals surface area contributed by atoms with E-state index in [1.807, 2.05) is 0 Å². The number of alkyl carbamates (subject to hydrolysis) is 1. The van der Waals surface area contributed by atoms with Crippen molar-refractivity contribution in [2.75, 3.05) is 0 Å². The number of carboxylic acids is 1. The molecule has 0 spiro atoms. The van der Waals surface area contributed by atoms with E-state index in [1.165, 1.54) is 0 Å². The summed E-state index contributed by atoms with van der Waals surface area (Å²) in [5.74, 6) is -1.22. The van der Waals surface area contributed by atoms with Gasteiger partial charge in [-0.3, -0.25) is 0 Å². The second-order valence-corrected chi connectivity index (χ2v) is 6.03. The zero-order valence-electron chi connectivity index (χ0n) is 11.7. The minimum atomic E-state index is -1.06. The fourth-order valence-corrected chi connectivity index (χ4v) is 2.25. The number of hydrogen-bond acceptors (Lipinski definition) is 4. The first kappa shape index (κ1) is 15.8. The van der Waals surface area contributed by atoms with Crippen LogP contribution in [0.1, 0.15) is 46.5 Å². The number of carbonyl (C=O) groups excluding carboxylic acids is 1. The molecule has 1 rings (SSSR count). The molecule has 1 atom stereocenters. The van der Waals surface area contributed by atoms with Crippen molar-refractivity contribution in [1.29, 1.82) is 0 Å². The maximum Gasteiger partial charge on any atom is 0.408 e. The Bertz CT molecular complexity index is 328. The molecule has 0 aromatic heterocycles. The van der Waals surface area contributed by atoms with Crippen LogP contribution in [-0.4, -0.2) is 40.0 Å². The van der Waals surface area contributed by atoms with E-state index >= 15 is 0 Å². The monoisotopic (exact) mass is 273 g/mol. The van der Waals surface area contributed by atoms with Crippen LogP contribution in [0, 0.1) is 5.92 Å². The predicted octanol–water partition coefficient (Wildman–Crippen LogP) is 1.52. The molecule has 0 aliphatic heterocycles. The molecule has 110 valence electrons. The Morgan fingerprint density at radius 1 is 1.21 bits per heavy atom. The van der Waals surface area contributed by atoms with E-state index in [9.17, 15) is 19.8 Å². The highest BCUT2D eigenvalue weighted by molar-refractivity contribution is 5.80. The van der Waals surface area contributed by atoms with Crippen LogP contribution in [-0.2, 0) is 9.53 Å². The smallest absolute Gasteiger partial charge is 0.408 e. The summed E-state index contributed by atoms with van der Waals surface area (Å²) in [6.45, 7) is 5.16. The van der Waals surface area contributed by atoms with Crippen molar-refractivity contribution in [1.82, 2.24) is 5.32 Å². The lowest BCUT2D eigenvalue weighted by Gasteiger charge is -2.30. The van der Waals surface area contributed by atoms with Crippen LogP contribution < -0.4 is 5.32 Å². The molecule has 1 fully saturated rings. The quantitative estimate of drug-likeness (QED) is 0.724. The molecule has 1 saturated carbocycles. The highest BCUT2D eigenvalue weighted by Crippen LogP contribution is 2.27. The van der Waals surface area contributed by atoms with Crippen LogP contribution in [0.25, 0.3) is 0 Å². The Morgan fingerprint density at radius 2 is 1.74 bits per heavy atom. The summed E-state index contributed by atoms with van der Waals surface area (Å²) in [5.41, 5.74) is -0.657. The van der Waals surface area contributed by atoms with Crippen molar-refractivity contribution in [2.45, 2.75) is 64.2 Å². The fraction of sp³-hybridized carbons (Fsp3) is 0.846. The maximum absolute atomic E-state index is 11.6. The molecule has 0 bridgehead atoms. The van der Waals surface area contributed by atoms with Gasteiger partial charge in [0.1, 0.15) is 11.6 Å². The summed E-state index contributed by atoms with van der Waals surface area (Å²) < 4.78 is 5.07. The van der Waals surface area contributed by atoms with Crippen LogP contribution >= 0.6 is 0 Å². The van der Waals surface area contributed by atoms with E-state index < -0.39 is 23.7 Å². The van der Waals surface area contributed by atoms with Crippen molar-refractivity contribution < 1.29 is 24.5 Å². The molecular weight excluding hydrogens is 250 g/mol. The van der Waals surface area contributed by atoms with Crippen LogP contribution in [0.5, 0.6) is 0 Å². The number of carboxylic acid groups (broad SMARTS) is 1. The van der Waals surface area contributed by atoms with Crippen LogP contribution in [0.15, 0.2) is 0 Å². The highest BCUT2D eigenvalue weighted by atomic mass is 16.6. The Kier molecular flexibility index (Phi) is 5.17. The predicted molar refractivity (Wildman–Crippen MR) is 68.8 cm³/mol. The van der Waals surface area contributed by atoms with Crippen molar-refractivity contribution in [3.05, 3.63) is 0 Å². The van der Waals surface area contributed by atoms with Crippen LogP contribution in [0.3, 0.4) is 0 Å². The average Bonchev–Trinajstić information content (AvgIpc) is 2.24. The number of aliphatic hydroxyl groups excluding tert-OH is 1. The molecule has 0 aromatic rings. The number of amides is 1. The number of nitrogens with one attached hydrogen (secondary N) is 1. The second kappa shape index (κ2) is 6.23. The Labute approximate surface area is 113 Å². The molecule has 1 aliphatic carbocycles. The number of hydrogen-bond donors (Lipinski definition) is 3. The summed E-state index contributed by atoms with van der Waals surface area (Å²) in [6.07, 6.45) is 1.26. The molecular formula is C13H23NO5. The van der Waals surface area contributed by atoms with E-state index in [0.717, 1.165) is 0 Å². The Hall–Kier alpha value is -1.30. The van der Waals surface area contributed by atoms with E-state index in [4.69, 9.17) is 4.74 Å². The van der Waals surface area contributed by atoms with Gasteiger partial charge in [-0.1, -0.05) is 0 Å². The summed E-state index contributed by atoms with van der Waals surface area (Å²) in [6, 6.07) is -0.956. The zero-order chi connectivity index (χ0) is 14.6. The van der Waals surface area contributed by atoms with Gasteiger partial charge in [0.05, 0.1) is 6.10 Å². The number of carbonyl (C=O) groups is 2. The Morgan fingerprint density at radius 3 is 2.16 bits per heavy atom. The standard InChI is InChI=1S/C13H23NO5/c1-13(2,3)19-12(18)14-10(11(16)17)8-4-6-9(15)7-5-8/h8-10,15H,4-7H2,1-3H3,(H,14,18)(H,16,17)/t8-,9-,10-/m0/s1. The van der Waals surface area contributed by atoms with Crippen LogP contribution in [0.4, 0.5) is 4.79 Å². The molecule has 3 N–H and O–H groups in total. The van der Waals surface area contributed by atoms with Gasteiger partial charge in [-0.05, 0) is 52.4 Å². The molecule has 6 heteroatoms. The molecule has 19 heavy (non-hydrogen) atoms. The molecule has 6 nitrogen and oxygen atoms in total. The van der Waals surface area contributed by atoms with Gasteiger partial charge < -0.3 is 20.3 Å². The lowest BCUT2D eigenvalue weighted by molar-refractivity contribution is -0.141. The lowest BCUT2D eigenvalue weighted by atomic mass is 9.82. The number of ether oxygens (including phenoxy) is 1. The SMILES string of the molecule is CC(C)(C)OC(=O)N[C@H](C(=O)O)[C@H]1CC[C@H](O)CC1. The molecule has 1 aliphatic rings. The highest BCUT2D eigenvalue weighted by Gasteiger charge is 2.33. The molecule has 1 amide bonds. The van der Waals surface area contributed by atoms with Gasteiger partial charge in [-0.2, -0.15) is 0 Å². The third kappa shape index (κ3) is 5.46. The summed E-state index contributed by atoms with van der Waals surface area (Å²) in [5, 5.41) is 21.0. The molecule has 0 heterocycles. The maximum atomic E-state index is 11.6. The van der Waals surface area contributed by atoms with Crippen LogP contribution in [0.2, 0.25) is 0 Å². The minimum absolute atomic E-state index is 0.159. The first-order chi connectivity index (χ1) is 8.69. The summed E-state index contributed by atoms with van der Waals surface area (Å²) >= 11 is 0. The van der Waals surface area contributed by atoms with E-state index in [1.54, 1.807) is 20.8 Å². The molecule has 0 aromatic carbocycles. The largest absolute Gasteiger partial charge is 0.480 e. The van der Waals surface area contributed by atoms with E-state index in [-0.39, 0.29) is 12.0 Å². The number of rotatable bonds is 3. The minimum Gasteiger partial charge on any atom is -0.480 e. The van der Waals surface area contributed by atoms with Crippen molar-refractivity contribution in [3.8, 4) is 0 Å². The van der Waals surface area contributed by atoms with E-state index in [0.29, 0.717) is 25.7 Å². The van der Waals surface area contributed by atoms with Crippen molar-refractivity contribution in [3.63, 3.8) is 0 Å². The molecule has 0 saturated heterocycles. The van der Waals surface area contributed by atoms with Gasteiger partial charge in [0.2, 0.25) is 0 Å². The first-order valence-corrected chi connectivity index (χ1v) is 6.59. The third-order valence-corrected chi connectivity index (χ3v) is 3.15.